The van der Waals surface area contributed by atoms with E-state index in [-0.39, 0.29) is 11.6 Å². The van der Waals surface area contributed by atoms with Gasteiger partial charge in [-0.05, 0) is 30.3 Å². The van der Waals surface area contributed by atoms with Crippen LogP contribution in [0.2, 0.25) is 0 Å². The van der Waals surface area contributed by atoms with Crippen molar-refractivity contribution >= 4 is 5.97 Å². The SMILES string of the molecule is CC(CC#N)COc1ccc(-c2nccc(C(=O)O)n2)cc1. The molecule has 0 aliphatic carbocycles. The van der Waals surface area contributed by atoms with Crippen LogP contribution < -0.4 is 4.74 Å². The lowest BCUT2D eigenvalue weighted by Crippen LogP contribution is -2.07. The third-order valence-corrected chi connectivity index (χ3v) is 2.96. The molecular weight excluding hydrogens is 282 g/mol. The lowest BCUT2D eigenvalue weighted by Gasteiger charge is -2.10. The molecule has 0 saturated carbocycles. The van der Waals surface area contributed by atoms with E-state index in [0.29, 0.717) is 30.2 Å². The van der Waals surface area contributed by atoms with Gasteiger partial charge in [0.15, 0.2) is 11.5 Å². The van der Waals surface area contributed by atoms with Gasteiger partial charge in [-0.25, -0.2) is 14.8 Å². The summed E-state index contributed by atoms with van der Waals surface area (Å²) in [5.74, 6) is 0.113. The van der Waals surface area contributed by atoms with Crippen molar-refractivity contribution in [2.24, 2.45) is 5.92 Å². The molecule has 1 heterocycles. The molecule has 1 unspecified atom stereocenters. The van der Waals surface area contributed by atoms with Crippen LogP contribution in [0, 0.1) is 17.2 Å². The Morgan fingerprint density at radius 3 is 2.73 bits per heavy atom. The van der Waals surface area contributed by atoms with E-state index in [2.05, 4.69) is 16.0 Å². The monoisotopic (exact) mass is 297 g/mol. The number of nitrogens with zero attached hydrogens (tertiary/aromatic N) is 3. The smallest absolute Gasteiger partial charge is 0.354 e. The molecule has 1 atom stereocenters. The largest absolute Gasteiger partial charge is 0.493 e. The summed E-state index contributed by atoms with van der Waals surface area (Å²) in [6, 6.07) is 10.5. The summed E-state index contributed by atoms with van der Waals surface area (Å²) < 4.78 is 5.59. The van der Waals surface area contributed by atoms with Crippen molar-refractivity contribution in [1.82, 2.24) is 9.97 Å². The third-order valence-electron chi connectivity index (χ3n) is 2.96. The Bertz CT molecular complexity index is 693. The number of aromatic nitrogens is 2. The lowest BCUT2D eigenvalue weighted by atomic mass is 10.1. The molecule has 0 amide bonds. The van der Waals surface area contributed by atoms with E-state index in [4.69, 9.17) is 15.1 Å². The molecule has 1 aromatic heterocycles. The number of hydrogen-bond acceptors (Lipinski definition) is 5. The van der Waals surface area contributed by atoms with Crippen molar-refractivity contribution < 1.29 is 14.6 Å². The maximum absolute atomic E-state index is 10.9. The second-order valence-electron chi connectivity index (χ2n) is 4.87. The van der Waals surface area contributed by atoms with Gasteiger partial charge in [0, 0.05) is 24.1 Å². The van der Waals surface area contributed by atoms with Crippen LogP contribution in [0.5, 0.6) is 5.75 Å². The molecule has 0 aliphatic rings. The van der Waals surface area contributed by atoms with E-state index in [9.17, 15) is 4.79 Å². The molecule has 0 bridgehead atoms. The minimum absolute atomic E-state index is 0.0457. The van der Waals surface area contributed by atoms with Gasteiger partial charge in [-0.3, -0.25) is 0 Å². The second kappa shape index (κ2) is 7.18. The lowest BCUT2D eigenvalue weighted by molar-refractivity contribution is 0.0690. The van der Waals surface area contributed by atoms with Crippen LogP contribution in [0.3, 0.4) is 0 Å². The van der Waals surface area contributed by atoms with Crippen LogP contribution in [-0.4, -0.2) is 27.7 Å². The number of ether oxygens (including phenoxy) is 1. The van der Waals surface area contributed by atoms with E-state index in [1.54, 1.807) is 24.3 Å². The minimum Gasteiger partial charge on any atom is -0.493 e. The van der Waals surface area contributed by atoms with E-state index >= 15 is 0 Å². The van der Waals surface area contributed by atoms with Crippen molar-refractivity contribution in [3.8, 4) is 23.2 Å². The highest BCUT2D eigenvalue weighted by Crippen LogP contribution is 2.20. The molecule has 2 rings (SSSR count). The number of carboxylic acid groups (broad SMARTS) is 1. The molecule has 22 heavy (non-hydrogen) atoms. The summed E-state index contributed by atoms with van der Waals surface area (Å²) in [7, 11) is 0. The zero-order valence-corrected chi connectivity index (χ0v) is 12.1. The predicted octanol–water partition coefficient (Wildman–Crippen LogP) is 2.77. The van der Waals surface area contributed by atoms with Gasteiger partial charge in [0.2, 0.25) is 0 Å². The van der Waals surface area contributed by atoms with Gasteiger partial charge in [0.1, 0.15) is 5.75 Å². The van der Waals surface area contributed by atoms with Crippen LogP contribution in [0.1, 0.15) is 23.8 Å². The predicted molar refractivity (Wildman–Crippen MR) is 79.3 cm³/mol. The highest BCUT2D eigenvalue weighted by molar-refractivity contribution is 5.85. The van der Waals surface area contributed by atoms with Gasteiger partial charge < -0.3 is 9.84 Å². The highest BCUT2D eigenvalue weighted by Gasteiger charge is 2.08. The van der Waals surface area contributed by atoms with Gasteiger partial charge in [-0.2, -0.15) is 5.26 Å². The number of benzene rings is 1. The number of rotatable bonds is 6. The van der Waals surface area contributed by atoms with E-state index in [1.807, 2.05) is 6.92 Å². The summed E-state index contributed by atoms with van der Waals surface area (Å²) >= 11 is 0. The molecule has 0 aliphatic heterocycles. The standard InChI is InChI=1S/C16H15N3O3/c1-11(6-8-17)10-22-13-4-2-12(3-5-13)15-18-9-7-14(19-15)16(20)21/h2-5,7,9,11H,6,10H2,1H3,(H,20,21). The van der Waals surface area contributed by atoms with Gasteiger partial charge in [0.25, 0.3) is 0 Å². The Morgan fingerprint density at radius 2 is 2.09 bits per heavy atom. The van der Waals surface area contributed by atoms with E-state index in [0.717, 1.165) is 0 Å². The average Bonchev–Trinajstić information content (AvgIpc) is 2.54. The minimum atomic E-state index is -1.09. The molecular formula is C16H15N3O3. The van der Waals surface area contributed by atoms with Crippen molar-refractivity contribution in [2.45, 2.75) is 13.3 Å². The fraction of sp³-hybridized carbons (Fsp3) is 0.250. The Morgan fingerprint density at radius 1 is 1.36 bits per heavy atom. The van der Waals surface area contributed by atoms with Crippen LogP contribution >= 0.6 is 0 Å². The van der Waals surface area contributed by atoms with E-state index in [1.165, 1.54) is 12.3 Å². The fourth-order valence-electron chi connectivity index (χ4n) is 1.77. The molecule has 112 valence electrons. The number of aromatic carboxylic acids is 1. The van der Waals surface area contributed by atoms with Gasteiger partial charge >= 0.3 is 5.97 Å². The normalized spacial score (nSPS) is 11.5. The zero-order valence-electron chi connectivity index (χ0n) is 12.1. The van der Waals surface area contributed by atoms with Crippen LogP contribution in [0.4, 0.5) is 0 Å². The molecule has 0 fully saturated rings. The topological polar surface area (TPSA) is 96.1 Å². The molecule has 0 saturated heterocycles. The maximum Gasteiger partial charge on any atom is 0.354 e. The molecule has 6 heteroatoms. The van der Waals surface area contributed by atoms with Gasteiger partial charge in [-0.1, -0.05) is 6.92 Å². The zero-order chi connectivity index (χ0) is 15.9. The second-order valence-corrected chi connectivity index (χ2v) is 4.87. The summed E-state index contributed by atoms with van der Waals surface area (Å²) in [4.78, 5) is 19.0. The summed E-state index contributed by atoms with van der Waals surface area (Å²) in [5, 5.41) is 17.5. The summed E-state index contributed by atoms with van der Waals surface area (Å²) in [6.07, 6.45) is 1.87. The van der Waals surface area contributed by atoms with Crippen LogP contribution in [0.15, 0.2) is 36.5 Å². The van der Waals surface area contributed by atoms with Crippen LogP contribution in [0.25, 0.3) is 11.4 Å². The molecule has 1 aromatic carbocycles. The van der Waals surface area contributed by atoms with Crippen molar-refractivity contribution in [1.29, 1.82) is 5.26 Å². The molecule has 1 N–H and O–H groups in total. The van der Waals surface area contributed by atoms with Gasteiger partial charge in [-0.15, -0.1) is 0 Å². The first kappa shape index (κ1) is 15.4. The Hall–Kier alpha value is -2.94. The third kappa shape index (κ3) is 4.03. The first-order valence-electron chi connectivity index (χ1n) is 6.76. The Labute approximate surface area is 128 Å². The first-order valence-corrected chi connectivity index (χ1v) is 6.76. The Balaban J connectivity index is 2.07. The number of carboxylic acids is 1. The van der Waals surface area contributed by atoms with E-state index < -0.39 is 5.97 Å². The van der Waals surface area contributed by atoms with Crippen molar-refractivity contribution in [2.75, 3.05) is 6.61 Å². The molecule has 0 radical (unpaired) electrons. The maximum atomic E-state index is 10.9. The summed E-state index contributed by atoms with van der Waals surface area (Å²) in [6.45, 7) is 2.42. The highest BCUT2D eigenvalue weighted by atomic mass is 16.5. The number of hydrogen-bond donors (Lipinski definition) is 1. The first-order chi connectivity index (χ1) is 10.6. The average molecular weight is 297 g/mol. The molecule has 0 spiro atoms. The fourth-order valence-corrected chi connectivity index (χ4v) is 1.77. The Kier molecular flexibility index (Phi) is 5.04. The van der Waals surface area contributed by atoms with Gasteiger partial charge in [0.05, 0.1) is 12.7 Å². The quantitative estimate of drug-likeness (QED) is 0.880. The van der Waals surface area contributed by atoms with Crippen LogP contribution in [-0.2, 0) is 0 Å². The number of carbonyl (C=O) groups is 1. The molecule has 2 aromatic rings. The summed E-state index contributed by atoms with van der Waals surface area (Å²) in [5.41, 5.74) is 0.663. The molecule has 6 nitrogen and oxygen atoms in total. The van der Waals surface area contributed by atoms with Crippen molar-refractivity contribution in [3.05, 3.63) is 42.2 Å². The van der Waals surface area contributed by atoms with Crippen molar-refractivity contribution in [3.63, 3.8) is 0 Å². The number of nitriles is 1.